The summed E-state index contributed by atoms with van der Waals surface area (Å²) in [6, 6.07) is 7.17. The number of phosphoric ester groups is 1. The normalized spacial score (nSPS) is 15.1. The number of halogens is 1. The second-order valence-corrected chi connectivity index (χ2v) is 4.50. The number of aromatic nitrogens is 1. The van der Waals surface area contributed by atoms with Gasteiger partial charge in [0.15, 0.2) is 5.75 Å². The standard InChI is InChI=1S/C8H7ClNO4P/c9-14-15(11,12)13-8-5-10-7-4-2-1-3-6(7)8/h1-5,10H,(H,11,12). The molecular weight excluding hydrogens is 241 g/mol. The van der Waals surface area contributed by atoms with E-state index in [0.717, 1.165) is 5.52 Å². The largest absolute Gasteiger partial charge is 0.544 e. The van der Waals surface area contributed by atoms with Crippen LogP contribution >= 0.6 is 19.7 Å². The Morgan fingerprint density at radius 2 is 2.13 bits per heavy atom. The highest BCUT2D eigenvalue weighted by Gasteiger charge is 2.23. The molecule has 0 spiro atoms. The molecule has 0 saturated carbocycles. The van der Waals surface area contributed by atoms with Crippen LogP contribution in [0.4, 0.5) is 0 Å². The van der Waals surface area contributed by atoms with E-state index in [1.54, 1.807) is 12.1 Å². The quantitative estimate of drug-likeness (QED) is 0.818. The Kier molecular flexibility index (Phi) is 2.71. The maximum Gasteiger partial charge on any atom is 0.544 e. The summed E-state index contributed by atoms with van der Waals surface area (Å²) in [6.45, 7) is 0. The number of H-pyrrole nitrogens is 1. The summed E-state index contributed by atoms with van der Waals surface area (Å²) in [7, 11) is -4.22. The first-order valence-corrected chi connectivity index (χ1v) is 5.81. The monoisotopic (exact) mass is 247 g/mol. The van der Waals surface area contributed by atoms with E-state index in [0.29, 0.717) is 5.39 Å². The Bertz CT molecular complexity index is 526. The molecule has 80 valence electrons. The number of phosphoric acid groups is 1. The van der Waals surface area contributed by atoms with Crippen LogP contribution in [0.5, 0.6) is 5.75 Å². The van der Waals surface area contributed by atoms with Crippen molar-refractivity contribution in [1.29, 1.82) is 0 Å². The lowest BCUT2D eigenvalue weighted by Crippen LogP contribution is -1.90. The smallest absolute Gasteiger partial charge is 0.401 e. The van der Waals surface area contributed by atoms with Crippen molar-refractivity contribution in [1.82, 2.24) is 4.98 Å². The van der Waals surface area contributed by atoms with Crippen LogP contribution < -0.4 is 4.52 Å². The summed E-state index contributed by atoms with van der Waals surface area (Å²) >= 11 is 4.81. The van der Waals surface area contributed by atoms with Gasteiger partial charge in [-0.1, -0.05) is 12.1 Å². The Hall–Kier alpha value is -1.00. The van der Waals surface area contributed by atoms with Crippen molar-refractivity contribution in [2.45, 2.75) is 0 Å². The van der Waals surface area contributed by atoms with E-state index >= 15 is 0 Å². The minimum absolute atomic E-state index is 0.220. The minimum Gasteiger partial charge on any atom is -0.401 e. The first-order chi connectivity index (χ1) is 7.12. The first-order valence-electron chi connectivity index (χ1n) is 4.01. The molecule has 1 aromatic carbocycles. The summed E-state index contributed by atoms with van der Waals surface area (Å²) in [5.74, 6) is 0.220. The second-order valence-electron chi connectivity index (χ2n) is 2.83. The summed E-state index contributed by atoms with van der Waals surface area (Å²) in [5.41, 5.74) is 0.794. The van der Waals surface area contributed by atoms with Gasteiger partial charge in [0.05, 0.1) is 11.9 Å². The van der Waals surface area contributed by atoms with E-state index in [2.05, 4.69) is 9.06 Å². The third-order valence-electron chi connectivity index (χ3n) is 1.85. The Morgan fingerprint density at radius 1 is 1.40 bits per heavy atom. The number of benzene rings is 1. The van der Waals surface area contributed by atoms with Crippen molar-refractivity contribution in [3.63, 3.8) is 0 Å². The fourth-order valence-corrected chi connectivity index (χ4v) is 1.77. The molecule has 1 atom stereocenters. The molecule has 0 bridgehead atoms. The van der Waals surface area contributed by atoms with Crippen LogP contribution in [-0.4, -0.2) is 9.88 Å². The summed E-state index contributed by atoms with van der Waals surface area (Å²) in [4.78, 5) is 11.9. The van der Waals surface area contributed by atoms with Gasteiger partial charge in [-0.25, -0.2) is 4.57 Å². The fraction of sp³-hybridized carbons (Fsp3) is 0. The van der Waals surface area contributed by atoms with Crippen LogP contribution in [0, 0.1) is 0 Å². The molecule has 15 heavy (non-hydrogen) atoms. The zero-order valence-corrected chi connectivity index (χ0v) is 9.03. The maximum atomic E-state index is 11.1. The Labute approximate surface area is 90.4 Å². The SMILES string of the molecule is O=P(O)(OCl)Oc1c[nH]c2ccccc12. The van der Waals surface area contributed by atoms with Gasteiger partial charge in [0.2, 0.25) is 0 Å². The van der Waals surface area contributed by atoms with Crippen LogP contribution in [-0.2, 0) is 8.64 Å². The van der Waals surface area contributed by atoms with Crippen molar-refractivity contribution < 1.29 is 18.1 Å². The molecule has 1 unspecified atom stereocenters. The molecule has 1 aromatic heterocycles. The predicted molar refractivity (Wildman–Crippen MR) is 55.7 cm³/mol. The average Bonchev–Trinajstić information content (AvgIpc) is 2.62. The van der Waals surface area contributed by atoms with Crippen LogP contribution in [0.3, 0.4) is 0 Å². The number of nitrogens with one attached hydrogen (secondary N) is 1. The predicted octanol–water partition coefficient (Wildman–Crippen LogP) is 2.82. The third kappa shape index (κ3) is 2.16. The molecule has 0 aliphatic rings. The average molecular weight is 248 g/mol. The second kappa shape index (κ2) is 3.87. The summed E-state index contributed by atoms with van der Waals surface area (Å²) < 4.78 is 19.6. The molecular formula is C8H7ClNO4P. The van der Waals surface area contributed by atoms with Crippen LogP contribution in [0.1, 0.15) is 0 Å². The third-order valence-corrected chi connectivity index (χ3v) is 2.98. The molecule has 2 aromatic rings. The van der Waals surface area contributed by atoms with E-state index in [1.165, 1.54) is 6.20 Å². The van der Waals surface area contributed by atoms with Crippen molar-refractivity contribution in [3.8, 4) is 5.75 Å². The molecule has 0 saturated heterocycles. The van der Waals surface area contributed by atoms with Crippen LogP contribution in [0.15, 0.2) is 30.5 Å². The molecule has 2 N–H and O–H groups in total. The molecule has 2 rings (SSSR count). The maximum absolute atomic E-state index is 11.1. The number of fused-ring (bicyclic) bond motifs is 1. The van der Waals surface area contributed by atoms with E-state index in [-0.39, 0.29) is 5.75 Å². The lowest BCUT2D eigenvalue weighted by Gasteiger charge is -2.06. The topological polar surface area (TPSA) is 71.6 Å². The molecule has 5 nitrogen and oxygen atoms in total. The molecule has 1 heterocycles. The van der Waals surface area contributed by atoms with Crippen LogP contribution in [0.2, 0.25) is 0 Å². The van der Waals surface area contributed by atoms with Gasteiger partial charge < -0.3 is 9.51 Å². The minimum atomic E-state index is -4.22. The summed E-state index contributed by atoms with van der Waals surface area (Å²) in [6.07, 6.45) is 1.46. The van der Waals surface area contributed by atoms with E-state index in [1.807, 2.05) is 12.1 Å². The number of hydrogen-bond acceptors (Lipinski definition) is 3. The number of rotatable bonds is 3. The van der Waals surface area contributed by atoms with Gasteiger partial charge in [0.25, 0.3) is 0 Å². The fourth-order valence-electron chi connectivity index (χ4n) is 1.26. The van der Waals surface area contributed by atoms with Gasteiger partial charge in [-0.05, 0) is 12.1 Å². The molecule has 0 aliphatic carbocycles. The number of aromatic amines is 1. The molecule has 0 radical (unpaired) electrons. The van der Waals surface area contributed by atoms with Gasteiger partial charge in [0, 0.05) is 17.1 Å². The Morgan fingerprint density at radius 3 is 2.87 bits per heavy atom. The highest BCUT2D eigenvalue weighted by Crippen LogP contribution is 2.46. The molecule has 7 heteroatoms. The van der Waals surface area contributed by atoms with Gasteiger partial charge in [-0.15, -0.1) is 0 Å². The lowest BCUT2D eigenvalue weighted by molar-refractivity contribution is 0.301. The van der Waals surface area contributed by atoms with Gasteiger partial charge >= 0.3 is 7.82 Å². The number of para-hydroxylation sites is 1. The van der Waals surface area contributed by atoms with Gasteiger partial charge in [0.1, 0.15) is 0 Å². The highest BCUT2D eigenvalue weighted by atomic mass is 35.5. The van der Waals surface area contributed by atoms with E-state index in [4.69, 9.17) is 21.3 Å². The van der Waals surface area contributed by atoms with Crippen molar-refractivity contribution >= 4 is 30.6 Å². The zero-order chi connectivity index (χ0) is 10.9. The Balaban J connectivity index is 2.41. The van der Waals surface area contributed by atoms with Crippen molar-refractivity contribution in [2.24, 2.45) is 0 Å². The lowest BCUT2D eigenvalue weighted by atomic mass is 10.2. The van der Waals surface area contributed by atoms with Gasteiger partial charge in [-0.3, -0.25) is 4.89 Å². The molecule has 0 aliphatic heterocycles. The highest BCUT2D eigenvalue weighted by molar-refractivity contribution is 7.48. The molecule has 0 fully saturated rings. The molecule has 0 amide bonds. The van der Waals surface area contributed by atoms with Gasteiger partial charge in [-0.2, -0.15) is 4.08 Å². The first kappa shape index (κ1) is 10.5. The van der Waals surface area contributed by atoms with Crippen molar-refractivity contribution in [3.05, 3.63) is 30.5 Å². The van der Waals surface area contributed by atoms with Crippen LogP contribution in [0.25, 0.3) is 10.9 Å². The number of hydrogen-bond donors (Lipinski definition) is 2. The summed E-state index contributed by atoms with van der Waals surface area (Å²) in [5, 5.41) is 0.681. The van der Waals surface area contributed by atoms with E-state index in [9.17, 15) is 4.57 Å². The van der Waals surface area contributed by atoms with E-state index < -0.39 is 7.82 Å². The zero-order valence-electron chi connectivity index (χ0n) is 7.38. The van der Waals surface area contributed by atoms with Crippen molar-refractivity contribution in [2.75, 3.05) is 0 Å².